The molecule has 178 valence electrons. The Hall–Kier alpha value is -3.13. The van der Waals surface area contributed by atoms with Crippen molar-refractivity contribution in [3.63, 3.8) is 0 Å². The number of benzene rings is 2. The minimum atomic E-state index is -0.185. The molecule has 7 nitrogen and oxygen atoms in total. The highest BCUT2D eigenvalue weighted by molar-refractivity contribution is 7.99. The lowest BCUT2D eigenvalue weighted by Crippen LogP contribution is -2.36. The maximum atomic E-state index is 13.2. The first kappa shape index (κ1) is 24.0. The lowest BCUT2D eigenvalue weighted by atomic mass is 10.1. The van der Waals surface area contributed by atoms with Gasteiger partial charge in [-0.1, -0.05) is 43.0 Å². The van der Waals surface area contributed by atoms with Gasteiger partial charge >= 0.3 is 0 Å². The molecule has 0 unspecified atom stereocenters. The number of para-hydroxylation sites is 1. The van der Waals surface area contributed by atoms with Gasteiger partial charge in [0.05, 0.1) is 16.7 Å². The SMILES string of the molecule is CCc1ccc(NC(=O)CSc2nc3ccccc3c(=O)n2CCC(=O)N2CCCCC2)cc1. The van der Waals surface area contributed by atoms with Crippen molar-refractivity contribution in [1.82, 2.24) is 14.5 Å². The second-order valence-electron chi connectivity index (χ2n) is 8.45. The summed E-state index contributed by atoms with van der Waals surface area (Å²) in [6, 6.07) is 14.9. The van der Waals surface area contributed by atoms with Gasteiger partial charge in [0.2, 0.25) is 11.8 Å². The summed E-state index contributed by atoms with van der Waals surface area (Å²) in [5.41, 5.74) is 2.34. The van der Waals surface area contributed by atoms with Crippen molar-refractivity contribution < 1.29 is 9.59 Å². The standard InChI is InChI=1S/C26H30N4O3S/c1-2-19-10-12-20(13-11-19)27-23(31)18-34-26-28-22-9-5-4-8-21(22)25(33)30(26)17-14-24(32)29-15-6-3-7-16-29/h4-5,8-13H,2-3,6-7,14-18H2,1H3,(H,27,31). The van der Waals surface area contributed by atoms with E-state index in [2.05, 4.69) is 17.2 Å². The number of aromatic nitrogens is 2. The Balaban J connectivity index is 1.48. The van der Waals surface area contributed by atoms with Crippen molar-refractivity contribution in [3.8, 4) is 0 Å². The molecule has 0 radical (unpaired) electrons. The van der Waals surface area contributed by atoms with Crippen LogP contribution in [0.4, 0.5) is 5.69 Å². The fraction of sp³-hybridized carbons (Fsp3) is 0.385. The fourth-order valence-corrected chi connectivity index (χ4v) is 4.94. The van der Waals surface area contributed by atoms with E-state index >= 15 is 0 Å². The van der Waals surface area contributed by atoms with Gasteiger partial charge in [0.1, 0.15) is 0 Å². The summed E-state index contributed by atoms with van der Waals surface area (Å²) < 4.78 is 1.54. The fourth-order valence-electron chi connectivity index (χ4n) is 4.11. The number of aryl methyl sites for hydroxylation is 1. The molecule has 4 rings (SSSR count). The minimum absolute atomic E-state index is 0.0592. The maximum Gasteiger partial charge on any atom is 0.262 e. The Morgan fingerprint density at radius 1 is 1.03 bits per heavy atom. The van der Waals surface area contributed by atoms with E-state index < -0.39 is 0 Å². The Bertz CT molecular complexity index is 1220. The van der Waals surface area contributed by atoms with Gasteiger partial charge in [0.15, 0.2) is 5.16 Å². The molecule has 0 atom stereocenters. The van der Waals surface area contributed by atoms with Crippen LogP contribution in [0, 0.1) is 0 Å². The number of likely N-dealkylation sites (tertiary alicyclic amines) is 1. The normalized spacial score (nSPS) is 13.7. The molecule has 1 N–H and O–H groups in total. The molecule has 0 bridgehead atoms. The number of thioether (sulfide) groups is 1. The molecule has 1 aliphatic heterocycles. The van der Waals surface area contributed by atoms with Gasteiger partial charge in [0.25, 0.3) is 5.56 Å². The van der Waals surface area contributed by atoms with Crippen molar-refractivity contribution in [3.05, 3.63) is 64.4 Å². The molecule has 34 heavy (non-hydrogen) atoms. The number of hydrogen-bond donors (Lipinski definition) is 1. The third-order valence-corrected chi connectivity index (χ3v) is 7.04. The number of carbonyl (C=O) groups is 2. The van der Waals surface area contributed by atoms with Crippen LogP contribution in [-0.2, 0) is 22.6 Å². The molecule has 1 aromatic heterocycles. The van der Waals surface area contributed by atoms with Gasteiger partial charge in [-0.2, -0.15) is 0 Å². The van der Waals surface area contributed by atoms with Crippen LogP contribution >= 0.6 is 11.8 Å². The predicted molar refractivity (Wildman–Crippen MR) is 136 cm³/mol. The van der Waals surface area contributed by atoms with Gasteiger partial charge in [-0.25, -0.2) is 4.98 Å². The summed E-state index contributed by atoms with van der Waals surface area (Å²) in [6.07, 6.45) is 4.39. The summed E-state index contributed by atoms with van der Waals surface area (Å²) in [5, 5.41) is 3.85. The molecule has 1 aliphatic rings. The minimum Gasteiger partial charge on any atom is -0.343 e. The molecule has 0 spiro atoms. The predicted octanol–water partition coefficient (Wildman–Crippen LogP) is 4.09. The smallest absolute Gasteiger partial charge is 0.262 e. The molecular weight excluding hydrogens is 448 g/mol. The number of fused-ring (bicyclic) bond motifs is 1. The molecule has 1 fully saturated rings. The topological polar surface area (TPSA) is 84.3 Å². The van der Waals surface area contributed by atoms with Crippen LogP contribution in [-0.4, -0.2) is 45.1 Å². The highest BCUT2D eigenvalue weighted by Gasteiger charge is 2.19. The monoisotopic (exact) mass is 478 g/mol. The van der Waals surface area contributed by atoms with E-state index in [1.165, 1.54) is 21.9 Å². The molecule has 0 saturated carbocycles. The Morgan fingerprint density at radius 3 is 2.50 bits per heavy atom. The number of nitrogens with zero attached hydrogens (tertiary/aromatic N) is 3. The lowest BCUT2D eigenvalue weighted by Gasteiger charge is -2.27. The Morgan fingerprint density at radius 2 is 1.76 bits per heavy atom. The number of nitrogens with one attached hydrogen (secondary N) is 1. The first-order valence-electron chi connectivity index (χ1n) is 11.8. The maximum absolute atomic E-state index is 13.2. The molecule has 2 heterocycles. The van der Waals surface area contributed by atoms with Gasteiger partial charge in [-0.3, -0.25) is 19.0 Å². The molecule has 3 aromatic rings. The van der Waals surface area contributed by atoms with Crippen LogP contribution in [0.25, 0.3) is 10.9 Å². The van der Waals surface area contributed by atoms with Gasteiger partial charge in [-0.15, -0.1) is 0 Å². The van der Waals surface area contributed by atoms with E-state index in [4.69, 9.17) is 0 Å². The quantitative estimate of drug-likeness (QED) is 0.389. The third-order valence-electron chi connectivity index (χ3n) is 6.06. The molecule has 8 heteroatoms. The van der Waals surface area contributed by atoms with Crippen LogP contribution in [0.1, 0.15) is 38.2 Å². The number of amides is 2. The summed E-state index contributed by atoms with van der Waals surface area (Å²) in [6.45, 7) is 3.89. The molecule has 0 aliphatic carbocycles. The highest BCUT2D eigenvalue weighted by atomic mass is 32.2. The summed E-state index contributed by atoms with van der Waals surface area (Å²) in [5.74, 6) is -0.00279. The zero-order valence-electron chi connectivity index (χ0n) is 19.5. The molecule has 2 aromatic carbocycles. The van der Waals surface area contributed by atoms with Crippen LogP contribution in [0.2, 0.25) is 0 Å². The van der Waals surface area contributed by atoms with Crippen molar-refractivity contribution >= 4 is 40.2 Å². The zero-order chi connectivity index (χ0) is 23.9. The highest BCUT2D eigenvalue weighted by Crippen LogP contribution is 2.20. The first-order valence-corrected chi connectivity index (χ1v) is 12.8. The lowest BCUT2D eigenvalue weighted by molar-refractivity contribution is -0.132. The third kappa shape index (κ3) is 5.86. The second-order valence-corrected chi connectivity index (χ2v) is 9.39. The number of piperidine rings is 1. The molecular formula is C26H30N4O3S. The van der Waals surface area contributed by atoms with Crippen LogP contribution < -0.4 is 10.9 Å². The van der Waals surface area contributed by atoms with E-state index in [-0.39, 0.29) is 36.1 Å². The summed E-state index contributed by atoms with van der Waals surface area (Å²) in [4.78, 5) is 45.0. The van der Waals surface area contributed by atoms with Gasteiger partial charge in [0, 0.05) is 31.7 Å². The van der Waals surface area contributed by atoms with E-state index in [1.54, 1.807) is 18.2 Å². The van der Waals surface area contributed by atoms with E-state index in [0.29, 0.717) is 16.1 Å². The van der Waals surface area contributed by atoms with E-state index in [9.17, 15) is 14.4 Å². The summed E-state index contributed by atoms with van der Waals surface area (Å²) >= 11 is 1.21. The first-order chi connectivity index (χ1) is 16.5. The van der Waals surface area contributed by atoms with Crippen molar-refractivity contribution in [1.29, 1.82) is 0 Å². The number of hydrogen-bond acceptors (Lipinski definition) is 5. The van der Waals surface area contributed by atoms with E-state index in [0.717, 1.165) is 44.5 Å². The Labute approximate surface area is 203 Å². The Kier molecular flexibility index (Phi) is 8.00. The van der Waals surface area contributed by atoms with Gasteiger partial charge in [-0.05, 0) is 55.5 Å². The number of rotatable bonds is 8. The largest absolute Gasteiger partial charge is 0.343 e. The van der Waals surface area contributed by atoms with E-state index in [1.807, 2.05) is 35.2 Å². The molecule has 1 saturated heterocycles. The van der Waals surface area contributed by atoms with Crippen molar-refractivity contribution in [2.24, 2.45) is 0 Å². The van der Waals surface area contributed by atoms with Crippen LogP contribution in [0.3, 0.4) is 0 Å². The van der Waals surface area contributed by atoms with Crippen LogP contribution in [0.15, 0.2) is 58.5 Å². The number of carbonyl (C=O) groups excluding carboxylic acids is 2. The zero-order valence-corrected chi connectivity index (χ0v) is 20.3. The average Bonchev–Trinajstić information content (AvgIpc) is 2.88. The average molecular weight is 479 g/mol. The second kappa shape index (κ2) is 11.3. The number of anilines is 1. The van der Waals surface area contributed by atoms with Crippen molar-refractivity contribution in [2.45, 2.75) is 50.7 Å². The van der Waals surface area contributed by atoms with Crippen molar-refractivity contribution in [2.75, 3.05) is 24.2 Å². The summed E-state index contributed by atoms with van der Waals surface area (Å²) in [7, 11) is 0. The van der Waals surface area contributed by atoms with Crippen LogP contribution in [0.5, 0.6) is 0 Å². The van der Waals surface area contributed by atoms with Gasteiger partial charge < -0.3 is 10.2 Å². The molecule has 2 amide bonds.